The molecule has 0 unspecified atom stereocenters. The van der Waals surface area contributed by atoms with Crippen LogP contribution < -0.4 is 0 Å². The van der Waals surface area contributed by atoms with Crippen LogP contribution in [0.3, 0.4) is 0 Å². The highest BCUT2D eigenvalue weighted by Gasteiger charge is 2.36. The van der Waals surface area contributed by atoms with Crippen molar-refractivity contribution in [2.24, 2.45) is 0 Å². The number of nitrogens with zero attached hydrogens (tertiary/aromatic N) is 1. The molecule has 0 saturated carbocycles. The van der Waals surface area contributed by atoms with Gasteiger partial charge in [0, 0.05) is 18.4 Å². The Morgan fingerprint density at radius 2 is 1.86 bits per heavy atom. The highest BCUT2D eigenvalue weighted by atomic mass is 32.2. The second kappa shape index (κ2) is 6.42. The molecule has 6 heteroatoms. The molecule has 118 valence electrons. The van der Waals surface area contributed by atoms with Crippen molar-refractivity contribution in [3.05, 3.63) is 48.0 Å². The van der Waals surface area contributed by atoms with E-state index in [0.717, 1.165) is 12.1 Å². The Morgan fingerprint density at radius 1 is 1.29 bits per heavy atom. The molecule has 0 aliphatic heterocycles. The van der Waals surface area contributed by atoms with E-state index in [1.807, 2.05) is 20.8 Å². The third kappa shape index (κ3) is 4.49. The first-order valence-corrected chi connectivity index (χ1v) is 7.53. The SMILES string of the molecule is C=C[C@H](c1cccc(C(F)(F)F)c1)N(C)[S@@+]([O-])C(C)(C)C. The van der Waals surface area contributed by atoms with Crippen LogP contribution in [0.15, 0.2) is 36.9 Å². The molecule has 1 aromatic carbocycles. The minimum atomic E-state index is -4.40. The maximum atomic E-state index is 12.8. The summed E-state index contributed by atoms with van der Waals surface area (Å²) < 4.78 is 51.8. The lowest BCUT2D eigenvalue weighted by molar-refractivity contribution is -0.137. The summed E-state index contributed by atoms with van der Waals surface area (Å²) in [7, 11) is 1.62. The summed E-state index contributed by atoms with van der Waals surface area (Å²) in [6, 6.07) is 4.47. The standard InChI is InChI=1S/C15H20F3NOS/c1-6-13(19(5)21(20)14(2,3)4)11-8-7-9-12(10-11)15(16,17)18/h6-10,13H,1H2,2-5H3/t13-,21+/m1/s1. The molecule has 1 aromatic rings. The second-order valence-corrected chi connectivity index (χ2v) is 8.01. The van der Waals surface area contributed by atoms with Crippen molar-refractivity contribution in [1.29, 1.82) is 0 Å². The number of likely N-dealkylation sites (N-methyl/N-ethyl adjacent to an activating group) is 1. The topological polar surface area (TPSA) is 26.3 Å². The molecule has 0 bridgehead atoms. The van der Waals surface area contributed by atoms with Crippen molar-refractivity contribution in [3.63, 3.8) is 0 Å². The van der Waals surface area contributed by atoms with Crippen LogP contribution in [-0.2, 0) is 17.5 Å². The van der Waals surface area contributed by atoms with Crippen molar-refractivity contribution < 1.29 is 17.7 Å². The molecule has 0 spiro atoms. The zero-order valence-corrected chi connectivity index (χ0v) is 13.4. The molecule has 0 fully saturated rings. The van der Waals surface area contributed by atoms with Gasteiger partial charge in [-0.05, 0) is 38.5 Å². The van der Waals surface area contributed by atoms with Crippen LogP contribution in [0, 0.1) is 0 Å². The molecule has 21 heavy (non-hydrogen) atoms. The van der Waals surface area contributed by atoms with Crippen molar-refractivity contribution in [3.8, 4) is 0 Å². The lowest BCUT2D eigenvalue weighted by atomic mass is 10.0. The second-order valence-electron chi connectivity index (χ2n) is 5.71. The molecule has 0 aliphatic carbocycles. The van der Waals surface area contributed by atoms with E-state index in [4.69, 9.17) is 0 Å². The molecule has 0 radical (unpaired) electrons. The predicted octanol–water partition coefficient (Wildman–Crippen LogP) is 4.33. The molecular weight excluding hydrogens is 299 g/mol. The summed E-state index contributed by atoms with van der Waals surface area (Å²) in [5.74, 6) is 0. The molecule has 0 aliphatic rings. The zero-order chi connectivity index (χ0) is 16.4. The fourth-order valence-corrected chi connectivity index (χ4v) is 3.21. The molecule has 0 saturated heterocycles. The van der Waals surface area contributed by atoms with Gasteiger partial charge in [0.25, 0.3) is 0 Å². The Balaban J connectivity index is 3.14. The van der Waals surface area contributed by atoms with Gasteiger partial charge in [-0.3, -0.25) is 0 Å². The normalized spacial score (nSPS) is 15.9. The number of rotatable bonds is 4. The highest BCUT2D eigenvalue weighted by molar-refractivity contribution is 7.90. The van der Waals surface area contributed by atoms with E-state index in [0.29, 0.717) is 5.56 Å². The Bertz CT molecular complexity index is 496. The van der Waals surface area contributed by atoms with Crippen LogP contribution in [0.4, 0.5) is 13.2 Å². The summed E-state index contributed by atoms with van der Waals surface area (Å²) in [6.07, 6.45) is -2.90. The fraction of sp³-hybridized carbons (Fsp3) is 0.467. The van der Waals surface area contributed by atoms with Gasteiger partial charge in [0.2, 0.25) is 0 Å². The van der Waals surface area contributed by atoms with E-state index < -0.39 is 33.9 Å². The monoisotopic (exact) mass is 319 g/mol. The average molecular weight is 319 g/mol. The Kier molecular flexibility index (Phi) is 5.52. The largest absolute Gasteiger partial charge is 0.597 e. The van der Waals surface area contributed by atoms with Gasteiger partial charge in [-0.25, -0.2) is 0 Å². The summed E-state index contributed by atoms with van der Waals surface area (Å²) in [6.45, 7) is 9.09. The Morgan fingerprint density at radius 3 is 2.29 bits per heavy atom. The van der Waals surface area contributed by atoms with Crippen LogP contribution >= 0.6 is 0 Å². The summed E-state index contributed by atoms with van der Waals surface area (Å²) in [5, 5.41) is 0. The van der Waals surface area contributed by atoms with E-state index in [1.54, 1.807) is 13.1 Å². The molecular formula is C15H20F3NOS. The van der Waals surface area contributed by atoms with Crippen molar-refractivity contribution in [2.45, 2.75) is 37.7 Å². The fourth-order valence-electron chi connectivity index (χ4n) is 1.93. The minimum absolute atomic E-state index is 0.417. The van der Waals surface area contributed by atoms with E-state index in [1.165, 1.54) is 16.4 Å². The lowest BCUT2D eigenvalue weighted by Crippen LogP contribution is -2.42. The summed E-state index contributed by atoms with van der Waals surface area (Å²) in [5.41, 5.74) is -0.304. The lowest BCUT2D eigenvalue weighted by Gasteiger charge is -2.34. The zero-order valence-electron chi connectivity index (χ0n) is 12.6. The third-order valence-corrected chi connectivity index (χ3v) is 4.75. The van der Waals surface area contributed by atoms with Crippen LogP contribution in [-0.4, -0.2) is 20.7 Å². The van der Waals surface area contributed by atoms with Crippen molar-refractivity contribution in [1.82, 2.24) is 4.31 Å². The number of alkyl halides is 3. The molecule has 2 nitrogen and oxygen atoms in total. The van der Waals surface area contributed by atoms with E-state index in [9.17, 15) is 17.7 Å². The van der Waals surface area contributed by atoms with Gasteiger partial charge in [-0.1, -0.05) is 18.2 Å². The third-order valence-electron chi connectivity index (χ3n) is 2.96. The Labute approximate surface area is 127 Å². The molecule has 0 aromatic heterocycles. The molecule has 0 amide bonds. The van der Waals surface area contributed by atoms with Gasteiger partial charge in [0.15, 0.2) is 0 Å². The first kappa shape index (κ1) is 18.1. The number of hydrogen-bond acceptors (Lipinski definition) is 2. The van der Waals surface area contributed by atoms with Crippen molar-refractivity contribution in [2.75, 3.05) is 7.05 Å². The highest BCUT2D eigenvalue weighted by Crippen LogP contribution is 2.34. The van der Waals surface area contributed by atoms with Gasteiger partial charge in [0.05, 0.1) is 11.6 Å². The first-order chi connectivity index (χ1) is 9.48. The van der Waals surface area contributed by atoms with E-state index in [-0.39, 0.29) is 0 Å². The van der Waals surface area contributed by atoms with Gasteiger partial charge in [0.1, 0.15) is 4.75 Å². The first-order valence-electron chi connectivity index (χ1n) is 6.43. The molecule has 2 atom stereocenters. The van der Waals surface area contributed by atoms with E-state index in [2.05, 4.69) is 6.58 Å². The van der Waals surface area contributed by atoms with Crippen LogP contribution in [0.1, 0.15) is 37.9 Å². The quantitative estimate of drug-likeness (QED) is 0.610. The van der Waals surface area contributed by atoms with Gasteiger partial charge >= 0.3 is 6.18 Å². The number of hydrogen-bond donors (Lipinski definition) is 0. The maximum Gasteiger partial charge on any atom is 0.416 e. The predicted molar refractivity (Wildman–Crippen MR) is 80.0 cm³/mol. The van der Waals surface area contributed by atoms with Gasteiger partial charge < -0.3 is 4.55 Å². The van der Waals surface area contributed by atoms with Crippen molar-refractivity contribution >= 4 is 11.4 Å². The Hall–Kier alpha value is -0.980. The van der Waals surface area contributed by atoms with Crippen LogP contribution in [0.2, 0.25) is 0 Å². The minimum Gasteiger partial charge on any atom is -0.597 e. The molecule has 1 rings (SSSR count). The van der Waals surface area contributed by atoms with Gasteiger partial charge in [-0.2, -0.15) is 13.2 Å². The summed E-state index contributed by atoms with van der Waals surface area (Å²) in [4.78, 5) is 0. The van der Waals surface area contributed by atoms with Crippen LogP contribution in [0.25, 0.3) is 0 Å². The number of halogens is 3. The number of benzene rings is 1. The summed E-state index contributed by atoms with van der Waals surface area (Å²) >= 11 is -1.36. The molecule has 0 N–H and O–H groups in total. The smallest absolute Gasteiger partial charge is 0.416 e. The van der Waals surface area contributed by atoms with Crippen LogP contribution in [0.5, 0.6) is 0 Å². The molecule has 0 heterocycles. The average Bonchev–Trinajstić information content (AvgIpc) is 2.37. The van der Waals surface area contributed by atoms with Gasteiger partial charge in [-0.15, -0.1) is 10.9 Å². The maximum absolute atomic E-state index is 12.8. The van der Waals surface area contributed by atoms with E-state index >= 15 is 0 Å².